The van der Waals surface area contributed by atoms with Gasteiger partial charge in [-0.05, 0) is 52.6 Å². The molecule has 1 heterocycles. The molecule has 0 amide bonds. The van der Waals surface area contributed by atoms with Gasteiger partial charge >= 0.3 is 6.01 Å². The Morgan fingerprint density at radius 1 is 0.649 bits per heavy atom. The number of benzene rings is 3. The minimum atomic E-state index is -0.103. The van der Waals surface area contributed by atoms with E-state index in [2.05, 4.69) is 20.8 Å². The van der Waals surface area contributed by atoms with E-state index in [-0.39, 0.29) is 17.6 Å². The molecule has 0 saturated carbocycles. The SMILES string of the molecule is O=C1C=Cc2ccccc2C1=CNc1cccc(-c2nnc(NC=C3C(=O)C=Cc4ccccc43)o2)c1. The van der Waals surface area contributed by atoms with Gasteiger partial charge < -0.3 is 15.1 Å². The van der Waals surface area contributed by atoms with Crippen LogP contribution in [0.5, 0.6) is 0 Å². The zero-order valence-electron chi connectivity index (χ0n) is 19.5. The second-order valence-electron chi connectivity index (χ2n) is 8.47. The summed E-state index contributed by atoms with van der Waals surface area (Å²) in [6.45, 7) is 0. The fraction of sp³-hybridized carbons (Fsp3) is 0. The van der Waals surface area contributed by atoms with E-state index in [1.54, 1.807) is 30.6 Å². The third-order valence-corrected chi connectivity index (χ3v) is 6.12. The van der Waals surface area contributed by atoms with E-state index < -0.39 is 0 Å². The lowest BCUT2D eigenvalue weighted by Crippen LogP contribution is -2.06. The molecule has 3 aromatic carbocycles. The number of hydrogen-bond donors (Lipinski definition) is 2. The van der Waals surface area contributed by atoms with Gasteiger partial charge in [0.25, 0.3) is 0 Å². The van der Waals surface area contributed by atoms with Crippen LogP contribution in [0, 0.1) is 0 Å². The maximum absolute atomic E-state index is 12.5. The number of carbonyl (C=O) groups excluding carboxylic acids is 2. The van der Waals surface area contributed by atoms with Crippen molar-refractivity contribution in [3.05, 3.63) is 120 Å². The van der Waals surface area contributed by atoms with Crippen molar-refractivity contribution in [2.75, 3.05) is 10.6 Å². The van der Waals surface area contributed by atoms with E-state index in [0.29, 0.717) is 22.6 Å². The molecule has 37 heavy (non-hydrogen) atoms. The lowest BCUT2D eigenvalue weighted by atomic mass is 9.92. The van der Waals surface area contributed by atoms with Crippen LogP contribution in [-0.2, 0) is 9.59 Å². The second-order valence-corrected chi connectivity index (χ2v) is 8.47. The van der Waals surface area contributed by atoms with Crippen LogP contribution in [0.3, 0.4) is 0 Å². The number of aromatic nitrogens is 2. The maximum Gasteiger partial charge on any atom is 0.319 e. The van der Waals surface area contributed by atoms with Crippen LogP contribution in [-0.4, -0.2) is 21.8 Å². The predicted molar refractivity (Wildman–Crippen MR) is 144 cm³/mol. The summed E-state index contributed by atoms with van der Waals surface area (Å²) in [4.78, 5) is 24.9. The highest BCUT2D eigenvalue weighted by molar-refractivity contribution is 6.30. The molecule has 0 unspecified atom stereocenters. The average Bonchev–Trinajstić information content (AvgIpc) is 3.41. The van der Waals surface area contributed by atoms with Gasteiger partial charge in [-0.15, -0.1) is 5.10 Å². The topological polar surface area (TPSA) is 97.1 Å². The van der Waals surface area contributed by atoms with Crippen molar-refractivity contribution in [2.45, 2.75) is 0 Å². The summed E-state index contributed by atoms with van der Waals surface area (Å²) in [5, 5.41) is 14.3. The molecule has 1 aromatic heterocycles. The predicted octanol–water partition coefficient (Wildman–Crippen LogP) is 5.83. The minimum Gasteiger partial charge on any atom is -0.403 e. The Morgan fingerprint density at radius 3 is 1.95 bits per heavy atom. The zero-order valence-corrected chi connectivity index (χ0v) is 19.5. The number of ketones is 2. The lowest BCUT2D eigenvalue weighted by Gasteiger charge is -2.13. The third kappa shape index (κ3) is 4.41. The number of hydrogen-bond acceptors (Lipinski definition) is 7. The van der Waals surface area contributed by atoms with Gasteiger partial charge in [-0.25, -0.2) is 0 Å². The first kappa shape index (κ1) is 22.2. The normalized spacial score (nSPS) is 16.1. The summed E-state index contributed by atoms with van der Waals surface area (Å²) in [7, 11) is 0. The number of rotatable bonds is 5. The molecule has 0 radical (unpaired) electrons. The highest BCUT2D eigenvalue weighted by Crippen LogP contribution is 2.29. The molecule has 0 saturated heterocycles. The van der Waals surface area contributed by atoms with E-state index in [9.17, 15) is 9.59 Å². The maximum atomic E-state index is 12.5. The Morgan fingerprint density at radius 2 is 1.27 bits per heavy atom. The van der Waals surface area contributed by atoms with Gasteiger partial charge in [-0.3, -0.25) is 9.59 Å². The second kappa shape index (κ2) is 9.39. The first-order valence-electron chi connectivity index (χ1n) is 11.7. The van der Waals surface area contributed by atoms with Crippen molar-refractivity contribution in [2.24, 2.45) is 0 Å². The first-order chi connectivity index (χ1) is 18.2. The molecule has 0 spiro atoms. The fourth-order valence-electron chi connectivity index (χ4n) is 4.28. The summed E-state index contributed by atoms with van der Waals surface area (Å²) < 4.78 is 5.78. The summed E-state index contributed by atoms with van der Waals surface area (Å²) in [5.74, 6) is 0.154. The summed E-state index contributed by atoms with van der Waals surface area (Å²) >= 11 is 0. The molecule has 7 heteroatoms. The molecule has 0 aliphatic heterocycles. The van der Waals surface area contributed by atoms with Crippen molar-refractivity contribution in [3.8, 4) is 11.5 Å². The monoisotopic (exact) mass is 484 g/mol. The van der Waals surface area contributed by atoms with Gasteiger partial charge in [0, 0.05) is 34.8 Å². The first-order valence-corrected chi connectivity index (χ1v) is 11.7. The summed E-state index contributed by atoms with van der Waals surface area (Å²) in [6, 6.07) is 23.0. The third-order valence-electron chi connectivity index (χ3n) is 6.12. The van der Waals surface area contributed by atoms with Gasteiger partial charge in [0.2, 0.25) is 5.89 Å². The molecule has 6 rings (SSSR count). The quantitative estimate of drug-likeness (QED) is 0.344. The standard InChI is InChI=1S/C30H20N4O3/c35-27-14-12-19-6-1-3-10-23(19)25(27)17-31-22-9-5-8-21(16-22)29-33-34-30(37-29)32-18-26-24-11-4-2-7-20(24)13-15-28(26)36/h1-18,31H,(H,32,34). The fourth-order valence-corrected chi connectivity index (χ4v) is 4.28. The summed E-state index contributed by atoms with van der Waals surface area (Å²) in [5.41, 5.74) is 6.26. The largest absolute Gasteiger partial charge is 0.403 e. The van der Waals surface area contributed by atoms with Crippen LogP contribution in [0.25, 0.3) is 34.8 Å². The molecule has 0 bridgehead atoms. The Kier molecular flexibility index (Phi) is 5.63. The van der Waals surface area contributed by atoms with Gasteiger partial charge in [0.15, 0.2) is 11.6 Å². The molecule has 2 N–H and O–H groups in total. The van der Waals surface area contributed by atoms with Crippen LogP contribution in [0.1, 0.15) is 22.3 Å². The molecule has 0 atom stereocenters. The molecule has 4 aromatic rings. The van der Waals surface area contributed by atoms with Crippen LogP contribution in [0.15, 0.2) is 102 Å². The smallest absolute Gasteiger partial charge is 0.319 e. The van der Waals surface area contributed by atoms with Crippen molar-refractivity contribution >= 4 is 46.6 Å². The van der Waals surface area contributed by atoms with Crippen LogP contribution >= 0.6 is 0 Å². The van der Waals surface area contributed by atoms with Gasteiger partial charge in [0.05, 0.1) is 0 Å². The molecule has 2 aliphatic carbocycles. The van der Waals surface area contributed by atoms with Crippen LogP contribution in [0.4, 0.5) is 11.7 Å². The molecule has 178 valence electrons. The zero-order chi connectivity index (χ0) is 25.2. The lowest BCUT2D eigenvalue weighted by molar-refractivity contribution is -0.110. The van der Waals surface area contributed by atoms with Gasteiger partial charge in [-0.1, -0.05) is 71.8 Å². The van der Waals surface area contributed by atoms with Crippen LogP contribution < -0.4 is 10.6 Å². The van der Waals surface area contributed by atoms with Gasteiger partial charge in [-0.2, -0.15) is 0 Å². The van der Waals surface area contributed by atoms with Crippen LogP contribution in [0.2, 0.25) is 0 Å². The number of anilines is 2. The molecule has 0 fully saturated rings. The van der Waals surface area contributed by atoms with E-state index in [4.69, 9.17) is 4.42 Å². The Labute approximate surface area is 212 Å². The highest BCUT2D eigenvalue weighted by atomic mass is 16.4. The van der Waals surface area contributed by atoms with E-state index in [1.807, 2.05) is 78.9 Å². The van der Waals surface area contributed by atoms with Crippen molar-refractivity contribution in [1.82, 2.24) is 10.2 Å². The Bertz CT molecular complexity index is 1670. The minimum absolute atomic E-state index is 0.0568. The average molecular weight is 485 g/mol. The highest BCUT2D eigenvalue weighted by Gasteiger charge is 2.18. The van der Waals surface area contributed by atoms with Crippen molar-refractivity contribution < 1.29 is 14.0 Å². The molecule has 7 nitrogen and oxygen atoms in total. The van der Waals surface area contributed by atoms with E-state index in [0.717, 1.165) is 27.9 Å². The number of nitrogens with zero attached hydrogens (tertiary/aromatic N) is 2. The number of fused-ring (bicyclic) bond motifs is 2. The summed E-state index contributed by atoms with van der Waals surface area (Å²) in [6.07, 6.45) is 10.0. The molecule has 2 aliphatic rings. The van der Waals surface area contributed by atoms with Gasteiger partial charge in [0.1, 0.15) is 0 Å². The molecular weight excluding hydrogens is 464 g/mol. The number of nitrogens with one attached hydrogen (secondary N) is 2. The van der Waals surface area contributed by atoms with E-state index in [1.165, 1.54) is 0 Å². The van der Waals surface area contributed by atoms with Crippen molar-refractivity contribution in [1.29, 1.82) is 0 Å². The van der Waals surface area contributed by atoms with Crippen molar-refractivity contribution in [3.63, 3.8) is 0 Å². The molecular formula is C30H20N4O3. The number of allylic oxidation sites excluding steroid dienone is 4. The Balaban J connectivity index is 1.20. The number of carbonyl (C=O) groups is 2. The van der Waals surface area contributed by atoms with E-state index >= 15 is 0 Å². The Hall–Kier alpha value is -5.30.